The van der Waals surface area contributed by atoms with Crippen LogP contribution in [-0.4, -0.2) is 16.9 Å². The molecule has 132 valence electrons. The number of anilines is 1. The first-order valence-electron chi connectivity index (χ1n) is 8.34. The molecule has 2 aromatic carbocycles. The topological polar surface area (TPSA) is 78.4 Å². The van der Waals surface area contributed by atoms with Crippen LogP contribution < -0.4 is 10.6 Å². The number of hydrogen-bond donors (Lipinski definition) is 3. The standard InChI is InChI=1S/C20H24N2O3/c1-14(2)11-18(24)22-19(16-8-4-3-5-9-16)20(25)21-17-10-6-7-15(12-17)13-23/h3-10,12,14,19,23H,11,13H2,1-2H3,(H,21,25)(H,22,24). The molecular weight excluding hydrogens is 316 g/mol. The second-order valence-corrected chi connectivity index (χ2v) is 6.36. The fraction of sp³-hybridized carbons (Fsp3) is 0.300. The van der Waals surface area contributed by atoms with E-state index in [9.17, 15) is 14.7 Å². The number of aliphatic hydroxyl groups excluding tert-OH is 1. The minimum absolute atomic E-state index is 0.100. The molecule has 0 fully saturated rings. The molecule has 25 heavy (non-hydrogen) atoms. The molecule has 0 heterocycles. The molecule has 2 rings (SSSR count). The third-order valence-electron chi connectivity index (χ3n) is 3.67. The van der Waals surface area contributed by atoms with Gasteiger partial charge in [0.05, 0.1) is 6.61 Å². The molecule has 0 saturated carbocycles. The molecule has 0 aromatic heterocycles. The fourth-order valence-electron chi connectivity index (χ4n) is 2.50. The van der Waals surface area contributed by atoms with Gasteiger partial charge < -0.3 is 15.7 Å². The Kier molecular flexibility index (Phi) is 6.71. The molecule has 3 N–H and O–H groups in total. The summed E-state index contributed by atoms with van der Waals surface area (Å²) in [5.74, 6) is -0.276. The average molecular weight is 340 g/mol. The molecular formula is C20H24N2O3. The maximum absolute atomic E-state index is 12.7. The molecule has 0 aliphatic heterocycles. The van der Waals surface area contributed by atoms with Crippen molar-refractivity contribution in [1.29, 1.82) is 0 Å². The summed E-state index contributed by atoms with van der Waals surface area (Å²) in [6, 6.07) is 15.3. The molecule has 2 amide bonds. The minimum Gasteiger partial charge on any atom is -0.392 e. The average Bonchev–Trinajstić information content (AvgIpc) is 2.60. The van der Waals surface area contributed by atoms with E-state index in [4.69, 9.17) is 0 Å². The first-order valence-corrected chi connectivity index (χ1v) is 8.34. The first-order chi connectivity index (χ1) is 12.0. The number of rotatable bonds is 7. The van der Waals surface area contributed by atoms with Crippen LogP contribution in [0.3, 0.4) is 0 Å². The highest BCUT2D eigenvalue weighted by Crippen LogP contribution is 2.18. The Morgan fingerprint density at radius 1 is 1.04 bits per heavy atom. The summed E-state index contributed by atoms with van der Waals surface area (Å²) in [5.41, 5.74) is 2.00. The number of benzene rings is 2. The molecule has 0 radical (unpaired) electrons. The molecule has 0 bridgehead atoms. The van der Waals surface area contributed by atoms with Crippen LogP contribution in [0.4, 0.5) is 5.69 Å². The third-order valence-corrected chi connectivity index (χ3v) is 3.67. The lowest BCUT2D eigenvalue weighted by molar-refractivity contribution is -0.127. The van der Waals surface area contributed by atoms with Crippen LogP contribution in [0, 0.1) is 5.92 Å². The van der Waals surface area contributed by atoms with Crippen molar-refractivity contribution >= 4 is 17.5 Å². The van der Waals surface area contributed by atoms with Crippen molar-refractivity contribution in [3.63, 3.8) is 0 Å². The molecule has 5 nitrogen and oxygen atoms in total. The van der Waals surface area contributed by atoms with Crippen LogP contribution in [-0.2, 0) is 16.2 Å². The molecule has 0 spiro atoms. The van der Waals surface area contributed by atoms with Crippen LogP contribution in [0.25, 0.3) is 0 Å². The molecule has 0 saturated heterocycles. The Hall–Kier alpha value is -2.66. The van der Waals surface area contributed by atoms with E-state index in [1.165, 1.54) is 0 Å². The van der Waals surface area contributed by atoms with Gasteiger partial charge in [0, 0.05) is 12.1 Å². The van der Waals surface area contributed by atoms with Gasteiger partial charge in [-0.15, -0.1) is 0 Å². The fourth-order valence-corrected chi connectivity index (χ4v) is 2.50. The summed E-state index contributed by atoms with van der Waals surface area (Å²) in [4.78, 5) is 24.9. The number of amides is 2. The van der Waals surface area contributed by atoms with Crippen LogP contribution in [0.1, 0.15) is 37.4 Å². The van der Waals surface area contributed by atoms with Gasteiger partial charge in [-0.25, -0.2) is 0 Å². The van der Waals surface area contributed by atoms with Crippen molar-refractivity contribution < 1.29 is 14.7 Å². The van der Waals surface area contributed by atoms with Gasteiger partial charge in [-0.3, -0.25) is 9.59 Å². The van der Waals surface area contributed by atoms with E-state index in [0.717, 1.165) is 5.56 Å². The van der Waals surface area contributed by atoms with E-state index < -0.39 is 6.04 Å². The summed E-state index contributed by atoms with van der Waals surface area (Å²) in [7, 11) is 0. The number of hydrogen-bond acceptors (Lipinski definition) is 3. The van der Waals surface area contributed by atoms with Crippen molar-refractivity contribution in [3.05, 3.63) is 65.7 Å². The molecule has 2 aromatic rings. The monoisotopic (exact) mass is 340 g/mol. The van der Waals surface area contributed by atoms with E-state index in [2.05, 4.69) is 10.6 Å². The number of aliphatic hydroxyl groups is 1. The Morgan fingerprint density at radius 2 is 1.76 bits per heavy atom. The normalized spacial score (nSPS) is 11.8. The van der Waals surface area contributed by atoms with E-state index in [1.54, 1.807) is 24.3 Å². The van der Waals surface area contributed by atoms with Gasteiger partial charge in [0.15, 0.2) is 0 Å². The predicted octanol–water partition coefficient (Wildman–Crippen LogP) is 3.02. The van der Waals surface area contributed by atoms with Gasteiger partial charge in [0.2, 0.25) is 5.91 Å². The maximum atomic E-state index is 12.7. The van der Waals surface area contributed by atoms with Crippen LogP contribution in [0.5, 0.6) is 0 Å². The molecule has 1 unspecified atom stereocenters. The van der Waals surface area contributed by atoms with Crippen molar-refractivity contribution in [1.82, 2.24) is 5.32 Å². The molecule has 1 atom stereocenters. The Bertz CT molecular complexity index is 714. The van der Waals surface area contributed by atoms with Crippen LogP contribution in [0.2, 0.25) is 0 Å². The SMILES string of the molecule is CC(C)CC(=O)NC(C(=O)Nc1cccc(CO)c1)c1ccccc1. The van der Waals surface area contributed by atoms with Gasteiger partial charge in [0.1, 0.15) is 6.04 Å². The van der Waals surface area contributed by atoms with Crippen LogP contribution >= 0.6 is 0 Å². The number of carbonyl (C=O) groups is 2. The summed E-state index contributed by atoms with van der Waals surface area (Å²) >= 11 is 0. The Labute approximate surface area is 148 Å². The smallest absolute Gasteiger partial charge is 0.251 e. The zero-order valence-electron chi connectivity index (χ0n) is 14.5. The molecule has 5 heteroatoms. The zero-order chi connectivity index (χ0) is 18.2. The first kappa shape index (κ1) is 18.7. The summed E-state index contributed by atoms with van der Waals surface area (Å²) in [6.07, 6.45) is 0.358. The summed E-state index contributed by atoms with van der Waals surface area (Å²) in [6.45, 7) is 3.81. The van der Waals surface area contributed by atoms with Crippen molar-refractivity contribution in [2.75, 3.05) is 5.32 Å². The van der Waals surface area contributed by atoms with E-state index in [0.29, 0.717) is 17.7 Å². The van der Waals surface area contributed by atoms with Crippen molar-refractivity contribution in [2.24, 2.45) is 5.92 Å². The van der Waals surface area contributed by atoms with E-state index in [1.807, 2.05) is 44.2 Å². The Balaban J connectivity index is 2.18. The molecule has 0 aliphatic carbocycles. The lowest BCUT2D eigenvalue weighted by Crippen LogP contribution is -2.37. The van der Waals surface area contributed by atoms with Gasteiger partial charge >= 0.3 is 0 Å². The van der Waals surface area contributed by atoms with Gasteiger partial charge in [-0.05, 0) is 29.2 Å². The highest BCUT2D eigenvalue weighted by atomic mass is 16.3. The highest BCUT2D eigenvalue weighted by Gasteiger charge is 2.23. The second kappa shape index (κ2) is 8.99. The van der Waals surface area contributed by atoms with Crippen molar-refractivity contribution in [2.45, 2.75) is 32.9 Å². The lowest BCUT2D eigenvalue weighted by Gasteiger charge is -2.20. The van der Waals surface area contributed by atoms with Crippen molar-refractivity contribution in [3.8, 4) is 0 Å². The number of nitrogens with one attached hydrogen (secondary N) is 2. The maximum Gasteiger partial charge on any atom is 0.251 e. The second-order valence-electron chi connectivity index (χ2n) is 6.36. The summed E-state index contributed by atoms with van der Waals surface area (Å²) in [5, 5.41) is 14.8. The quantitative estimate of drug-likeness (QED) is 0.725. The predicted molar refractivity (Wildman–Crippen MR) is 97.8 cm³/mol. The third kappa shape index (κ3) is 5.72. The highest BCUT2D eigenvalue weighted by molar-refractivity contribution is 5.97. The van der Waals surface area contributed by atoms with E-state index in [-0.39, 0.29) is 24.3 Å². The zero-order valence-corrected chi connectivity index (χ0v) is 14.5. The van der Waals surface area contributed by atoms with Gasteiger partial charge in [-0.1, -0.05) is 56.3 Å². The largest absolute Gasteiger partial charge is 0.392 e. The van der Waals surface area contributed by atoms with Gasteiger partial charge in [0.25, 0.3) is 5.91 Å². The van der Waals surface area contributed by atoms with E-state index >= 15 is 0 Å². The Morgan fingerprint density at radius 3 is 2.40 bits per heavy atom. The van der Waals surface area contributed by atoms with Crippen LogP contribution in [0.15, 0.2) is 54.6 Å². The van der Waals surface area contributed by atoms with Gasteiger partial charge in [-0.2, -0.15) is 0 Å². The minimum atomic E-state index is -0.773. The lowest BCUT2D eigenvalue weighted by atomic mass is 10.0. The number of carbonyl (C=O) groups excluding carboxylic acids is 2. The molecule has 0 aliphatic rings. The summed E-state index contributed by atoms with van der Waals surface area (Å²) < 4.78 is 0.